The molecule has 1 aromatic rings. The molecule has 1 aromatic carbocycles. The van der Waals surface area contributed by atoms with Gasteiger partial charge in [0.25, 0.3) is 0 Å². The molecule has 0 unspecified atom stereocenters. The van der Waals surface area contributed by atoms with Crippen LogP contribution in [0.25, 0.3) is 0 Å². The van der Waals surface area contributed by atoms with Crippen molar-refractivity contribution in [3.63, 3.8) is 0 Å². The van der Waals surface area contributed by atoms with Crippen LogP contribution in [0.3, 0.4) is 0 Å². The maximum Gasteiger partial charge on any atom is 0.422 e. The van der Waals surface area contributed by atoms with Gasteiger partial charge in [0.05, 0.1) is 15.4 Å². The van der Waals surface area contributed by atoms with E-state index >= 15 is 0 Å². The van der Waals surface area contributed by atoms with Crippen molar-refractivity contribution in [2.45, 2.75) is 12.4 Å². The Bertz CT molecular complexity index is 961. The first-order valence-electron chi connectivity index (χ1n) is 7.34. The Morgan fingerprint density at radius 2 is 1.80 bits per heavy atom. The van der Waals surface area contributed by atoms with Crippen LogP contribution < -0.4 is 10.6 Å². The zero-order valence-electron chi connectivity index (χ0n) is 14.1. The molecular weight excluding hydrogens is 456 g/mol. The minimum atomic E-state index is -5.30. The van der Waals surface area contributed by atoms with Crippen LogP contribution in [-0.2, 0) is 10.9 Å². The SMILES string of the molecule is NC1=NCN(c2c([N+](=O)[O-])cc(C(F)(F)F)c(Cl)c2[N+](=O)[O-])C(OCC(F)(F)F)=C1. The van der Waals surface area contributed by atoms with Crippen molar-refractivity contribution >= 4 is 34.5 Å². The predicted molar refractivity (Wildman–Crippen MR) is 88.8 cm³/mol. The van der Waals surface area contributed by atoms with Crippen molar-refractivity contribution in [3.05, 3.63) is 48.8 Å². The van der Waals surface area contributed by atoms with Crippen LogP contribution in [0, 0.1) is 20.2 Å². The minimum absolute atomic E-state index is 0.0757. The lowest BCUT2D eigenvalue weighted by molar-refractivity contribution is -0.393. The summed E-state index contributed by atoms with van der Waals surface area (Å²) >= 11 is 5.50. The number of halogens is 7. The van der Waals surface area contributed by atoms with E-state index in [-0.39, 0.29) is 6.07 Å². The van der Waals surface area contributed by atoms with Gasteiger partial charge >= 0.3 is 23.7 Å². The molecule has 1 aliphatic heterocycles. The van der Waals surface area contributed by atoms with Crippen molar-refractivity contribution in [2.24, 2.45) is 10.7 Å². The van der Waals surface area contributed by atoms with Crippen molar-refractivity contribution in [2.75, 3.05) is 18.2 Å². The number of nitro groups is 2. The van der Waals surface area contributed by atoms with Crippen LogP contribution in [0.5, 0.6) is 0 Å². The normalized spacial score (nSPS) is 14.8. The third-order valence-corrected chi connectivity index (χ3v) is 3.85. The smallest absolute Gasteiger partial charge is 0.422 e. The van der Waals surface area contributed by atoms with Crippen molar-refractivity contribution in [1.29, 1.82) is 0 Å². The van der Waals surface area contributed by atoms with Crippen LogP contribution in [-0.4, -0.2) is 35.1 Å². The average molecular weight is 464 g/mol. The molecule has 10 nitrogen and oxygen atoms in total. The van der Waals surface area contributed by atoms with Crippen LogP contribution in [0.2, 0.25) is 5.02 Å². The number of nitrogens with zero attached hydrogens (tertiary/aromatic N) is 4. The van der Waals surface area contributed by atoms with Crippen molar-refractivity contribution < 1.29 is 40.9 Å². The highest BCUT2D eigenvalue weighted by molar-refractivity contribution is 6.34. The van der Waals surface area contributed by atoms with Gasteiger partial charge in [0.15, 0.2) is 12.5 Å². The van der Waals surface area contributed by atoms with Crippen LogP contribution in [0.1, 0.15) is 5.56 Å². The van der Waals surface area contributed by atoms with E-state index in [4.69, 9.17) is 17.3 Å². The van der Waals surface area contributed by atoms with Gasteiger partial charge in [-0.25, -0.2) is 4.99 Å². The Morgan fingerprint density at radius 1 is 1.20 bits per heavy atom. The number of ether oxygens (including phenoxy) is 1. The van der Waals surface area contributed by atoms with E-state index in [0.29, 0.717) is 11.0 Å². The fraction of sp³-hybridized carbons (Fsp3) is 0.308. The summed E-state index contributed by atoms with van der Waals surface area (Å²) in [7, 11) is 0. The number of aliphatic imine (C=N–C) groups is 1. The lowest BCUT2D eigenvalue weighted by atomic mass is 10.1. The molecule has 0 amide bonds. The van der Waals surface area contributed by atoms with Crippen LogP contribution >= 0.6 is 11.6 Å². The molecule has 0 aromatic heterocycles. The molecular formula is C13H8ClF6N5O5. The van der Waals surface area contributed by atoms with Gasteiger partial charge in [0.2, 0.25) is 5.69 Å². The van der Waals surface area contributed by atoms with E-state index < -0.39 is 74.8 Å². The zero-order chi connectivity index (χ0) is 23.0. The first-order valence-corrected chi connectivity index (χ1v) is 7.72. The van der Waals surface area contributed by atoms with E-state index in [9.17, 15) is 46.6 Å². The monoisotopic (exact) mass is 463 g/mol. The highest BCUT2D eigenvalue weighted by Gasteiger charge is 2.44. The Kier molecular flexibility index (Phi) is 6.01. The van der Waals surface area contributed by atoms with E-state index in [1.54, 1.807) is 0 Å². The van der Waals surface area contributed by atoms with Gasteiger partial charge in [-0.05, 0) is 0 Å². The minimum Gasteiger partial charge on any atom is -0.469 e. The lowest BCUT2D eigenvalue weighted by Crippen LogP contribution is -2.34. The molecule has 1 heterocycles. The fourth-order valence-corrected chi connectivity index (χ4v) is 2.65. The maximum atomic E-state index is 13.1. The van der Waals surface area contributed by atoms with E-state index in [2.05, 4.69) is 9.73 Å². The summed E-state index contributed by atoms with van der Waals surface area (Å²) in [5, 5.41) is 21.3. The number of rotatable bonds is 5. The molecule has 0 fully saturated rings. The number of nitrogens with two attached hydrogens (primary N) is 1. The number of anilines is 1. The van der Waals surface area contributed by atoms with Gasteiger partial charge in [0, 0.05) is 12.1 Å². The number of alkyl halides is 6. The summed E-state index contributed by atoms with van der Waals surface area (Å²) in [4.78, 5) is 23.9. The molecule has 164 valence electrons. The van der Waals surface area contributed by atoms with E-state index in [1.807, 2.05) is 0 Å². The van der Waals surface area contributed by atoms with Crippen molar-refractivity contribution in [3.8, 4) is 0 Å². The molecule has 2 rings (SSSR count). The largest absolute Gasteiger partial charge is 0.469 e. The average Bonchev–Trinajstić information content (AvgIpc) is 2.57. The number of benzene rings is 1. The van der Waals surface area contributed by atoms with Gasteiger partial charge in [-0.1, -0.05) is 11.6 Å². The molecule has 0 atom stereocenters. The third-order valence-electron chi connectivity index (χ3n) is 3.46. The molecule has 0 saturated heterocycles. The number of nitro benzene ring substituents is 2. The summed E-state index contributed by atoms with van der Waals surface area (Å²) in [6.07, 6.45) is -9.53. The highest BCUT2D eigenvalue weighted by Crippen LogP contribution is 2.50. The summed E-state index contributed by atoms with van der Waals surface area (Å²) in [6.45, 7) is -2.77. The summed E-state index contributed by atoms with van der Waals surface area (Å²) in [5.74, 6) is -1.27. The molecule has 0 aliphatic carbocycles. The highest BCUT2D eigenvalue weighted by atomic mass is 35.5. The van der Waals surface area contributed by atoms with Gasteiger partial charge in [-0.15, -0.1) is 0 Å². The number of hydrogen-bond acceptors (Lipinski definition) is 8. The number of amidine groups is 1. The predicted octanol–water partition coefficient (Wildman–Crippen LogP) is 3.73. The molecule has 30 heavy (non-hydrogen) atoms. The standard InChI is InChI=1S/C13H8ClF6N5O5/c14-9-5(13(18,19)20)1-6(24(26)27)10(11(9)25(28)29)23-4-22-7(21)2-8(23)30-3-12(15,16)17/h1-2H,3-4H2,(H2,21,22). The summed E-state index contributed by atoms with van der Waals surface area (Å²) in [5.41, 5.74) is -0.722. The molecule has 17 heteroatoms. The van der Waals surface area contributed by atoms with Gasteiger partial charge in [0.1, 0.15) is 17.5 Å². The number of hydrogen-bond donors (Lipinski definition) is 1. The second kappa shape index (κ2) is 7.85. The quantitative estimate of drug-likeness (QED) is 0.399. The van der Waals surface area contributed by atoms with Gasteiger partial charge in [-0.2, -0.15) is 26.3 Å². The van der Waals surface area contributed by atoms with Crippen LogP contribution in [0.4, 0.5) is 43.4 Å². The van der Waals surface area contributed by atoms with Crippen molar-refractivity contribution in [1.82, 2.24) is 0 Å². The molecule has 1 aliphatic rings. The molecule has 0 saturated carbocycles. The Labute approximate surface area is 166 Å². The molecule has 0 spiro atoms. The van der Waals surface area contributed by atoms with Gasteiger partial charge < -0.3 is 10.5 Å². The van der Waals surface area contributed by atoms with E-state index in [1.165, 1.54) is 0 Å². The zero-order valence-corrected chi connectivity index (χ0v) is 14.9. The fourth-order valence-electron chi connectivity index (χ4n) is 2.33. The second-order valence-corrected chi connectivity index (χ2v) is 5.88. The first kappa shape index (κ1) is 23.0. The summed E-state index contributed by atoms with van der Waals surface area (Å²) in [6, 6.07) is -0.0757. The Morgan fingerprint density at radius 3 is 2.27 bits per heavy atom. The van der Waals surface area contributed by atoms with Crippen LogP contribution in [0.15, 0.2) is 23.0 Å². The lowest BCUT2D eigenvalue weighted by Gasteiger charge is -2.28. The molecule has 2 N–H and O–H groups in total. The second-order valence-electron chi connectivity index (χ2n) is 5.51. The maximum absolute atomic E-state index is 13.1. The summed E-state index contributed by atoms with van der Waals surface area (Å²) < 4.78 is 81.4. The van der Waals surface area contributed by atoms with Gasteiger partial charge in [-0.3, -0.25) is 25.1 Å². The first-order chi connectivity index (χ1) is 13.6. The van der Waals surface area contributed by atoms with E-state index in [0.717, 1.165) is 0 Å². The molecule has 0 bridgehead atoms. The topological polar surface area (TPSA) is 137 Å². The molecule has 0 radical (unpaired) electrons. The Hall–Kier alpha value is -3.30. The third kappa shape index (κ3) is 4.81. The Balaban J connectivity index is 2.78.